The quantitative estimate of drug-likeness (QED) is 0.542. The van der Waals surface area contributed by atoms with E-state index < -0.39 is 6.36 Å². The molecular formula is C27H34F3N3O2. The highest BCUT2D eigenvalue weighted by Crippen LogP contribution is 2.28. The summed E-state index contributed by atoms with van der Waals surface area (Å²) < 4.78 is 41.5. The number of piperidine rings is 2. The molecule has 0 aliphatic carbocycles. The van der Waals surface area contributed by atoms with Crippen molar-refractivity contribution in [3.63, 3.8) is 0 Å². The smallest absolute Gasteiger partial charge is 0.406 e. The summed E-state index contributed by atoms with van der Waals surface area (Å²) in [5.74, 6) is 0.493. The molecule has 8 heteroatoms. The number of ether oxygens (including phenoxy) is 1. The molecule has 0 atom stereocenters. The van der Waals surface area contributed by atoms with Gasteiger partial charge in [0.1, 0.15) is 5.75 Å². The summed E-state index contributed by atoms with van der Waals surface area (Å²) in [5, 5.41) is 3.16. The average molecular weight is 490 g/mol. The molecule has 2 fully saturated rings. The highest BCUT2D eigenvalue weighted by atomic mass is 19.4. The van der Waals surface area contributed by atoms with Crippen LogP contribution in [0.1, 0.15) is 44.1 Å². The van der Waals surface area contributed by atoms with Gasteiger partial charge in [0.25, 0.3) is 0 Å². The van der Waals surface area contributed by atoms with E-state index in [-0.39, 0.29) is 17.7 Å². The van der Waals surface area contributed by atoms with Crippen LogP contribution in [-0.2, 0) is 11.3 Å². The van der Waals surface area contributed by atoms with E-state index in [2.05, 4.69) is 39.2 Å². The number of carbonyl (C=O) groups is 1. The summed E-state index contributed by atoms with van der Waals surface area (Å²) in [5.41, 5.74) is 2.05. The first-order valence-electron chi connectivity index (χ1n) is 12.5. The van der Waals surface area contributed by atoms with Crippen LogP contribution in [0, 0.1) is 5.92 Å². The van der Waals surface area contributed by atoms with Crippen LogP contribution in [0.5, 0.6) is 5.75 Å². The molecule has 0 spiro atoms. The number of alkyl halides is 3. The fraction of sp³-hybridized carbons (Fsp3) is 0.519. The van der Waals surface area contributed by atoms with Gasteiger partial charge in [0.2, 0.25) is 5.91 Å². The van der Waals surface area contributed by atoms with Gasteiger partial charge in [-0.15, -0.1) is 13.2 Å². The molecule has 5 nitrogen and oxygen atoms in total. The summed E-state index contributed by atoms with van der Waals surface area (Å²) in [7, 11) is 0. The number of halogens is 3. The molecule has 2 aliphatic rings. The number of nitrogens with zero attached hydrogens (tertiary/aromatic N) is 2. The lowest BCUT2D eigenvalue weighted by Gasteiger charge is -2.34. The van der Waals surface area contributed by atoms with Crippen molar-refractivity contribution in [2.75, 3.05) is 31.1 Å². The van der Waals surface area contributed by atoms with Crippen LogP contribution in [0.25, 0.3) is 0 Å². The van der Waals surface area contributed by atoms with Gasteiger partial charge in [0, 0.05) is 43.9 Å². The third-order valence-electron chi connectivity index (χ3n) is 7.01. The standard InChI is InChI=1S/C27H34F3N3O2/c28-27(29,30)35-25-8-4-7-24(19-25)33-17-13-23(14-18-33)31-26(34)10-9-21-11-15-32(16-12-21)20-22-5-2-1-3-6-22/h1-8,19,21,23H,9-18,20H2,(H,31,34). The Labute approximate surface area is 205 Å². The largest absolute Gasteiger partial charge is 0.573 e. The molecule has 35 heavy (non-hydrogen) atoms. The summed E-state index contributed by atoms with van der Waals surface area (Å²) >= 11 is 0. The maximum Gasteiger partial charge on any atom is 0.573 e. The first kappa shape index (κ1) is 25.4. The van der Waals surface area contributed by atoms with E-state index in [0.717, 1.165) is 51.7 Å². The fourth-order valence-corrected chi connectivity index (χ4v) is 5.07. The number of benzene rings is 2. The second kappa shape index (κ2) is 11.8. The van der Waals surface area contributed by atoms with Gasteiger partial charge < -0.3 is 15.0 Å². The zero-order chi connectivity index (χ0) is 24.7. The van der Waals surface area contributed by atoms with Crippen molar-refractivity contribution in [2.24, 2.45) is 5.92 Å². The third kappa shape index (κ3) is 8.16. The second-order valence-electron chi connectivity index (χ2n) is 9.62. The first-order chi connectivity index (χ1) is 16.8. The lowest BCUT2D eigenvalue weighted by Crippen LogP contribution is -2.44. The molecule has 0 radical (unpaired) electrons. The Morgan fingerprint density at radius 1 is 0.943 bits per heavy atom. The predicted octanol–water partition coefficient (Wildman–Crippen LogP) is 5.36. The van der Waals surface area contributed by atoms with Gasteiger partial charge in [-0.1, -0.05) is 36.4 Å². The van der Waals surface area contributed by atoms with Gasteiger partial charge in [-0.25, -0.2) is 0 Å². The summed E-state index contributed by atoms with van der Waals surface area (Å²) in [6.45, 7) is 4.51. The molecule has 2 aliphatic heterocycles. The molecule has 4 rings (SSSR count). The van der Waals surface area contributed by atoms with Crippen LogP contribution in [-0.4, -0.2) is 49.4 Å². The van der Waals surface area contributed by atoms with Gasteiger partial charge in [0.15, 0.2) is 0 Å². The van der Waals surface area contributed by atoms with Crippen LogP contribution < -0.4 is 15.0 Å². The fourth-order valence-electron chi connectivity index (χ4n) is 5.07. The molecule has 2 heterocycles. The molecule has 190 valence electrons. The van der Waals surface area contributed by atoms with Crippen molar-refractivity contribution in [1.82, 2.24) is 10.2 Å². The molecule has 2 saturated heterocycles. The summed E-state index contributed by atoms with van der Waals surface area (Å²) in [6, 6.07) is 16.7. The minimum Gasteiger partial charge on any atom is -0.406 e. The molecule has 0 bridgehead atoms. The van der Waals surface area contributed by atoms with E-state index >= 15 is 0 Å². The molecule has 2 aromatic carbocycles. The van der Waals surface area contributed by atoms with Gasteiger partial charge in [-0.2, -0.15) is 0 Å². The zero-order valence-electron chi connectivity index (χ0n) is 20.0. The highest BCUT2D eigenvalue weighted by molar-refractivity contribution is 5.76. The van der Waals surface area contributed by atoms with Gasteiger partial charge in [-0.05, 0) is 68.8 Å². The maximum atomic E-state index is 12.5. The Hall–Kier alpha value is -2.74. The topological polar surface area (TPSA) is 44.8 Å². The molecule has 0 saturated carbocycles. The number of likely N-dealkylation sites (tertiary alicyclic amines) is 1. The van der Waals surface area contributed by atoms with Crippen molar-refractivity contribution in [2.45, 2.75) is 57.5 Å². The van der Waals surface area contributed by atoms with Crippen LogP contribution >= 0.6 is 0 Å². The number of nitrogens with one attached hydrogen (secondary N) is 1. The first-order valence-corrected chi connectivity index (χ1v) is 12.5. The molecular weight excluding hydrogens is 455 g/mol. The molecule has 0 unspecified atom stereocenters. The minimum atomic E-state index is -4.70. The normalized spacial score (nSPS) is 18.4. The number of amides is 1. The Morgan fingerprint density at radius 2 is 1.66 bits per heavy atom. The van der Waals surface area contributed by atoms with E-state index in [1.54, 1.807) is 12.1 Å². The summed E-state index contributed by atoms with van der Waals surface area (Å²) in [6.07, 6.45) is 0.596. The molecule has 2 aromatic rings. The van der Waals surface area contributed by atoms with E-state index in [0.29, 0.717) is 31.1 Å². The SMILES string of the molecule is O=C(CCC1CCN(Cc2ccccc2)CC1)NC1CCN(c2cccc(OC(F)(F)F)c2)CC1. The molecule has 1 amide bonds. The van der Waals surface area contributed by atoms with Crippen molar-refractivity contribution < 1.29 is 22.7 Å². The Bertz CT molecular complexity index is 938. The Morgan fingerprint density at radius 3 is 2.34 bits per heavy atom. The average Bonchev–Trinajstić information content (AvgIpc) is 2.84. The summed E-state index contributed by atoms with van der Waals surface area (Å²) in [4.78, 5) is 17.1. The van der Waals surface area contributed by atoms with Gasteiger partial charge in [0.05, 0.1) is 0 Å². The number of rotatable bonds is 8. The van der Waals surface area contributed by atoms with E-state index in [1.165, 1.54) is 17.7 Å². The lowest BCUT2D eigenvalue weighted by atomic mass is 9.91. The van der Waals surface area contributed by atoms with Gasteiger partial charge in [-0.3, -0.25) is 9.69 Å². The molecule has 0 aromatic heterocycles. The molecule has 1 N–H and O–H groups in total. The van der Waals surface area contributed by atoms with Gasteiger partial charge >= 0.3 is 6.36 Å². The van der Waals surface area contributed by atoms with E-state index in [1.807, 2.05) is 11.0 Å². The van der Waals surface area contributed by atoms with Crippen LogP contribution in [0.15, 0.2) is 54.6 Å². The maximum absolute atomic E-state index is 12.5. The van der Waals surface area contributed by atoms with E-state index in [9.17, 15) is 18.0 Å². The Kier molecular flexibility index (Phi) is 8.55. The third-order valence-corrected chi connectivity index (χ3v) is 7.01. The predicted molar refractivity (Wildman–Crippen MR) is 130 cm³/mol. The zero-order valence-corrected chi connectivity index (χ0v) is 20.0. The number of hydrogen-bond acceptors (Lipinski definition) is 4. The van der Waals surface area contributed by atoms with Crippen LogP contribution in [0.3, 0.4) is 0 Å². The highest BCUT2D eigenvalue weighted by Gasteiger charge is 2.31. The Balaban J connectivity index is 1.13. The van der Waals surface area contributed by atoms with E-state index in [4.69, 9.17) is 0 Å². The van der Waals surface area contributed by atoms with Crippen molar-refractivity contribution in [3.05, 3.63) is 60.2 Å². The monoisotopic (exact) mass is 489 g/mol. The number of anilines is 1. The van der Waals surface area contributed by atoms with Crippen LogP contribution in [0.4, 0.5) is 18.9 Å². The number of carbonyl (C=O) groups excluding carboxylic acids is 1. The van der Waals surface area contributed by atoms with Crippen molar-refractivity contribution in [1.29, 1.82) is 0 Å². The minimum absolute atomic E-state index is 0.107. The number of hydrogen-bond donors (Lipinski definition) is 1. The second-order valence-corrected chi connectivity index (χ2v) is 9.62. The van der Waals surface area contributed by atoms with Crippen molar-refractivity contribution >= 4 is 11.6 Å². The van der Waals surface area contributed by atoms with Crippen LogP contribution in [0.2, 0.25) is 0 Å². The van der Waals surface area contributed by atoms with Crippen molar-refractivity contribution in [3.8, 4) is 5.75 Å². The lowest BCUT2D eigenvalue weighted by molar-refractivity contribution is -0.274.